The lowest BCUT2D eigenvalue weighted by atomic mass is 10.1. The Hall–Kier alpha value is -2.10. The largest absolute Gasteiger partial charge is 0.366 e. The van der Waals surface area contributed by atoms with Crippen molar-refractivity contribution in [2.24, 2.45) is 5.73 Å². The minimum atomic E-state index is -0.458. The number of hydrogen-bond donors (Lipinski definition) is 1. The first kappa shape index (κ1) is 19.9. The molecule has 0 atom stereocenters. The van der Waals surface area contributed by atoms with Crippen molar-refractivity contribution in [2.45, 2.75) is 52.4 Å². The van der Waals surface area contributed by atoms with Crippen LogP contribution in [0.15, 0.2) is 24.3 Å². The van der Waals surface area contributed by atoms with Gasteiger partial charge in [0, 0.05) is 25.2 Å². The molecular formula is C20H30N2O2. The van der Waals surface area contributed by atoms with Crippen LogP contribution in [0.4, 0.5) is 0 Å². The Morgan fingerprint density at radius 2 is 1.75 bits per heavy atom. The predicted octanol–water partition coefficient (Wildman–Crippen LogP) is 3.93. The van der Waals surface area contributed by atoms with Crippen LogP contribution in [-0.2, 0) is 4.79 Å². The van der Waals surface area contributed by atoms with Gasteiger partial charge in [-0.3, -0.25) is 9.59 Å². The summed E-state index contributed by atoms with van der Waals surface area (Å²) in [4.78, 5) is 25.2. The quantitative estimate of drug-likeness (QED) is 0.522. The molecule has 0 aliphatic carbocycles. The average molecular weight is 330 g/mol. The van der Waals surface area contributed by atoms with Crippen molar-refractivity contribution in [2.75, 3.05) is 13.6 Å². The number of aryl methyl sites for hydroxylation is 1. The lowest BCUT2D eigenvalue weighted by Gasteiger charge is -2.14. The van der Waals surface area contributed by atoms with Gasteiger partial charge < -0.3 is 10.6 Å². The summed E-state index contributed by atoms with van der Waals surface area (Å²) in [5, 5.41) is 0. The number of amides is 2. The molecule has 1 aromatic rings. The van der Waals surface area contributed by atoms with Crippen LogP contribution in [0.25, 0.3) is 6.08 Å². The van der Waals surface area contributed by atoms with E-state index in [9.17, 15) is 9.59 Å². The number of primary amides is 1. The fraction of sp³-hybridized carbons (Fsp3) is 0.500. The normalized spacial score (nSPS) is 11.0. The molecule has 4 heteroatoms. The second kappa shape index (κ2) is 10.6. The van der Waals surface area contributed by atoms with Crippen LogP contribution in [0.2, 0.25) is 0 Å². The average Bonchev–Trinajstić information content (AvgIpc) is 2.55. The van der Waals surface area contributed by atoms with Crippen molar-refractivity contribution in [1.29, 1.82) is 0 Å². The SMILES string of the molecule is CCCCCCCCN(C)C(=O)C=Cc1cc(C)cc(C(N)=O)c1. The number of nitrogens with zero attached hydrogens (tertiary/aromatic N) is 1. The summed E-state index contributed by atoms with van der Waals surface area (Å²) >= 11 is 0. The Bertz CT molecular complexity index is 579. The van der Waals surface area contributed by atoms with Gasteiger partial charge in [-0.15, -0.1) is 0 Å². The molecule has 0 bridgehead atoms. The van der Waals surface area contributed by atoms with Gasteiger partial charge in [-0.1, -0.05) is 45.1 Å². The van der Waals surface area contributed by atoms with E-state index in [-0.39, 0.29) is 5.91 Å². The predicted molar refractivity (Wildman–Crippen MR) is 99.7 cm³/mol. The van der Waals surface area contributed by atoms with Gasteiger partial charge in [-0.05, 0) is 42.7 Å². The Morgan fingerprint density at radius 3 is 2.42 bits per heavy atom. The van der Waals surface area contributed by atoms with Gasteiger partial charge >= 0.3 is 0 Å². The lowest BCUT2D eigenvalue weighted by molar-refractivity contribution is -0.124. The molecule has 0 fully saturated rings. The molecule has 0 aliphatic rings. The van der Waals surface area contributed by atoms with Crippen LogP contribution >= 0.6 is 0 Å². The fourth-order valence-corrected chi connectivity index (χ4v) is 2.59. The molecule has 4 nitrogen and oxygen atoms in total. The molecule has 0 radical (unpaired) electrons. The number of carbonyl (C=O) groups excluding carboxylic acids is 2. The van der Waals surface area contributed by atoms with Crippen molar-refractivity contribution in [3.8, 4) is 0 Å². The number of nitrogens with two attached hydrogens (primary N) is 1. The molecule has 0 aromatic heterocycles. The van der Waals surface area contributed by atoms with Crippen molar-refractivity contribution in [3.05, 3.63) is 41.0 Å². The zero-order chi connectivity index (χ0) is 17.9. The van der Waals surface area contributed by atoms with Gasteiger partial charge in [-0.25, -0.2) is 0 Å². The standard InChI is InChI=1S/C20H30N2O2/c1-4-5-6-7-8-9-12-22(3)19(23)11-10-17-13-16(2)14-18(15-17)20(21)24/h10-11,13-15H,4-9,12H2,1-3H3,(H2,21,24). The van der Waals surface area contributed by atoms with E-state index in [4.69, 9.17) is 5.73 Å². The van der Waals surface area contributed by atoms with Crippen molar-refractivity contribution in [1.82, 2.24) is 4.90 Å². The fourth-order valence-electron chi connectivity index (χ4n) is 2.59. The van der Waals surface area contributed by atoms with Crippen LogP contribution < -0.4 is 5.73 Å². The number of benzene rings is 1. The second-order valence-electron chi connectivity index (χ2n) is 6.36. The minimum Gasteiger partial charge on any atom is -0.366 e. The summed E-state index contributed by atoms with van der Waals surface area (Å²) in [7, 11) is 1.82. The topological polar surface area (TPSA) is 63.4 Å². The summed E-state index contributed by atoms with van der Waals surface area (Å²) in [6.45, 7) is 4.88. The molecule has 0 unspecified atom stereocenters. The Kier molecular flexibility index (Phi) is 8.84. The zero-order valence-electron chi connectivity index (χ0n) is 15.2. The summed E-state index contributed by atoms with van der Waals surface area (Å²) < 4.78 is 0. The number of likely N-dealkylation sites (N-methyl/N-ethyl adjacent to an activating group) is 1. The highest BCUT2D eigenvalue weighted by Gasteiger charge is 2.05. The molecule has 2 amide bonds. The highest BCUT2D eigenvalue weighted by atomic mass is 16.2. The Morgan fingerprint density at radius 1 is 1.08 bits per heavy atom. The third-order valence-electron chi connectivity index (χ3n) is 4.03. The first-order valence-electron chi connectivity index (χ1n) is 8.78. The number of unbranched alkanes of at least 4 members (excludes halogenated alkanes) is 5. The van der Waals surface area contributed by atoms with E-state index in [0.717, 1.165) is 24.1 Å². The number of carbonyl (C=O) groups is 2. The molecule has 0 saturated heterocycles. The summed E-state index contributed by atoms with van der Waals surface area (Å²) in [6.07, 6.45) is 10.6. The second-order valence-corrected chi connectivity index (χ2v) is 6.36. The molecule has 0 heterocycles. The van der Waals surface area contributed by atoms with Crippen LogP contribution in [0.1, 0.15) is 66.9 Å². The van der Waals surface area contributed by atoms with Crippen molar-refractivity contribution >= 4 is 17.9 Å². The van der Waals surface area contributed by atoms with E-state index in [0.29, 0.717) is 5.56 Å². The minimum absolute atomic E-state index is 0.0225. The molecule has 0 saturated carbocycles. The number of hydrogen-bond acceptors (Lipinski definition) is 2. The van der Waals surface area contributed by atoms with Gasteiger partial charge in [0.15, 0.2) is 0 Å². The van der Waals surface area contributed by atoms with Crippen LogP contribution in [0.5, 0.6) is 0 Å². The van der Waals surface area contributed by atoms with Crippen LogP contribution in [0, 0.1) is 6.92 Å². The molecular weight excluding hydrogens is 300 g/mol. The molecule has 0 spiro atoms. The molecule has 1 aromatic carbocycles. The van der Waals surface area contributed by atoms with Gasteiger partial charge in [0.05, 0.1) is 0 Å². The van der Waals surface area contributed by atoms with E-state index in [1.54, 1.807) is 29.2 Å². The van der Waals surface area contributed by atoms with Crippen molar-refractivity contribution in [3.63, 3.8) is 0 Å². The monoisotopic (exact) mass is 330 g/mol. The molecule has 2 N–H and O–H groups in total. The van der Waals surface area contributed by atoms with Gasteiger partial charge in [0.2, 0.25) is 11.8 Å². The maximum Gasteiger partial charge on any atom is 0.248 e. The van der Waals surface area contributed by atoms with Gasteiger partial charge in [0.1, 0.15) is 0 Å². The van der Waals surface area contributed by atoms with E-state index in [1.807, 2.05) is 20.0 Å². The van der Waals surface area contributed by atoms with Crippen molar-refractivity contribution < 1.29 is 9.59 Å². The zero-order valence-corrected chi connectivity index (χ0v) is 15.2. The highest BCUT2D eigenvalue weighted by molar-refractivity contribution is 5.95. The maximum absolute atomic E-state index is 12.1. The van der Waals surface area contributed by atoms with Gasteiger partial charge in [-0.2, -0.15) is 0 Å². The van der Waals surface area contributed by atoms with Crippen LogP contribution in [-0.4, -0.2) is 30.3 Å². The Balaban J connectivity index is 2.48. The summed E-state index contributed by atoms with van der Waals surface area (Å²) in [5.41, 5.74) is 7.53. The van der Waals surface area contributed by atoms with E-state index >= 15 is 0 Å². The van der Waals surface area contributed by atoms with Gasteiger partial charge in [0.25, 0.3) is 0 Å². The maximum atomic E-state index is 12.1. The third-order valence-corrected chi connectivity index (χ3v) is 4.03. The molecule has 1 rings (SSSR count). The first-order valence-corrected chi connectivity index (χ1v) is 8.78. The van der Waals surface area contributed by atoms with E-state index in [2.05, 4.69) is 6.92 Å². The Labute approximate surface area is 145 Å². The number of rotatable bonds is 10. The van der Waals surface area contributed by atoms with E-state index < -0.39 is 5.91 Å². The summed E-state index contributed by atoms with van der Waals surface area (Å²) in [5.74, 6) is -0.481. The van der Waals surface area contributed by atoms with Crippen LogP contribution in [0.3, 0.4) is 0 Å². The molecule has 24 heavy (non-hydrogen) atoms. The molecule has 132 valence electrons. The lowest BCUT2D eigenvalue weighted by Crippen LogP contribution is -2.25. The highest BCUT2D eigenvalue weighted by Crippen LogP contribution is 2.11. The molecule has 0 aliphatic heterocycles. The van der Waals surface area contributed by atoms with E-state index in [1.165, 1.54) is 32.1 Å². The smallest absolute Gasteiger partial charge is 0.248 e. The summed E-state index contributed by atoms with van der Waals surface area (Å²) in [6, 6.07) is 5.36. The first-order chi connectivity index (χ1) is 11.4. The third kappa shape index (κ3) is 7.44.